The Bertz CT molecular complexity index is 435. The van der Waals surface area contributed by atoms with Gasteiger partial charge in [-0.1, -0.05) is 6.92 Å². The van der Waals surface area contributed by atoms with Gasteiger partial charge in [0.1, 0.15) is 0 Å². The fourth-order valence-electron chi connectivity index (χ4n) is 1.57. The van der Waals surface area contributed by atoms with Gasteiger partial charge in [-0.15, -0.1) is 12.4 Å². The van der Waals surface area contributed by atoms with Crippen LogP contribution < -0.4 is 10.6 Å². The summed E-state index contributed by atoms with van der Waals surface area (Å²) in [5.41, 5.74) is 1.14. The van der Waals surface area contributed by atoms with E-state index in [2.05, 4.69) is 10.6 Å². The van der Waals surface area contributed by atoms with Gasteiger partial charge in [-0.2, -0.15) is 0 Å². The van der Waals surface area contributed by atoms with E-state index in [-0.39, 0.29) is 30.2 Å². The third-order valence-corrected chi connectivity index (χ3v) is 2.62. The third-order valence-electron chi connectivity index (χ3n) is 2.62. The Morgan fingerprint density at radius 1 is 1.25 bits per heavy atom. The Kier molecular flexibility index (Phi) is 8.59. The van der Waals surface area contributed by atoms with Crippen molar-refractivity contribution in [2.45, 2.75) is 13.8 Å². The summed E-state index contributed by atoms with van der Waals surface area (Å²) in [5, 5.41) is 5.74. The Balaban J connectivity index is 0.00000361. The highest BCUT2D eigenvalue weighted by atomic mass is 35.5. The minimum absolute atomic E-state index is 0. The lowest BCUT2D eigenvalue weighted by atomic mass is 10.1. The molecule has 0 spiro atoms. The Morgan fingerprint density at radius 2 is 1.85 bits per heavy atom. The van der Waals surface area contributed by atoms with Crippen LogP contribution in [0.25, 0.3) is 0 Å². The number of hydrogen-bond donors (Lipinski definition) is 2. The minimum Gasteiger partial charge on any atom is -0.462 e. The highest BCUT2D eigenvalue weighted by Crippen LogP contribution is 2.11. The number of amides is 1. The Morgan fingerprint density at radius 3 is 2.35 bits per heavy atom. The molecule has 2 N–H and O–H groups in total. The van der Waals surface area contributed by atoms with E-state index in [1.165, 1.54) is 0 Å². The van der Waals surface area contributed by atoms with E-state index in [9.17, 15) is 9.59 Å². The maximum atomic E-state index is 11.8. The van der Waals surface area contributed by atoms with Crippen molar-refractivity contribution in [2.75, 3.05) is 25.5 Å². The van der Waals surface area contributed by atoms with Gasteiger partial charge < -0.3 is 15.4 Å². The number of benzene rings is 1. The number of halogens is 1. The maximum Gasteiger partial charge on any atom is 0.338 e. The quantitative estimate of drug-likeness (QED) is 0.789. The van der Waals surface area contributed by atoms with Crippen molar-refractivity contribution in [1.82, 2.24) is 5.32 Å². The van der Waals surface area contributed by atoms with Crippen molar-refractivity contribution in [1.29, 1.82) is 0 Å². The molecule has 0 saturated heterocycles. The lowest BCUT2D eigenvalue weighted by Gasteiger charge is -2.11. The summed E-state index contributed by atoms with van der Waals surface area (Å²) in [5.74, 6) is -0.531. The predicted molar refractivity (Wildman–Crippen MR) is 81.4 cm³/mol. The molecular formula is C14H21ClN2O3. The van der Waals surface area contributed by atoms with Gasteiger partial charge in [0.25, 0.3) is 0 Å². The summed E-state index contributed by atoms with van der Waals surface area (Å²) in [7, 11) is 1.80. The van der Waals surface area contributed by atoms with Gasteiger partial charge in [0.2, 0.25) is 5.91 Å². The molecule has 20 heavy (non-hydrogen) atoms. The number of carbonyl (C=O) groups is 2. The number of carbonyl (C=O) groups excluding carboxylic acids is 2. The number of anilines is 1. The highest BCUT2D eigenvalue weighted by Gasteiger charge is 2.12. The minimum atomic E-state index is -0.357. The van der Waals surface area contributed by atoms with Gasteiger partial charge in [0, 0.05) is 18.2 Å². The summed E-state index contributed by atoms with van der Waals surface area (Å²) in [6.07, 6.45) is 0. The molecule has 1 rings (SSSR count). The van der Waals surface area contributed by atoms with Crippen LogP contribution >= 0.6 is 12.4 Å². The van der Waals surface area contributed by atoms with Crippen LogP contribution in [0.4, 0.5) is 5.69 Å². The van der Waals surface area contributed by atoms with Gasteiger partial charge in [0.05, 0.1) is 12.2 Å². The van der Waals surface area contributed by atoms with Gasteiger partial charge >= 0.3 is 5.97 Å². The van der Waals surface area contributed by atoms with Crippen LogP contribution in [0.2, 0.25) is 0 Å². The van der Waals surface area contributed by atoms with E-state index in [1.54, 1.807) is 38.2 Å². The maximum absolute atomic E-state index is 11.8. The average molecular weight is 301 g/mol. The molecule has 0 aliphatic carbocycles. The first-order valence-corrected chi connectivity index (χ1v) is 6.31. The summed E-state index contributed by atoms with van der Waals surface area (Å²) in [4.78, 5) is 23.2. The molecule has 0 aromatic heterocycles. The lowest BCUT2D eigenvalue weighted by molar-refractivity contribution is -0.119. The largest absolute Gasteiger partial charge is 0.462 e. The standard InChI is InChI=1S/C14H20N2O3.ClH/c1-4-19-14(18)11-5-7-12(8-6-11)16-13(17)10(2)9-15-3;/h5-8,10,15H,4,9H2,1-3H3,(H,16,17);1H. The van der Waals surface area contributed by atoms with E-state index < -0.39 is 0 Å². The first-order chi connectivity index (χ1) is 9.08. The van der Waals surface area contributed by atoms with Crippen molar-refractivity contribution in [3.8, 4) is 0 Å². The van der Waals surface area contributed by atoms with Crippen LogP contribution in [-0.4, -0.2) is 32.1 Å². The molecule has 0 bridgehead atoms. The van der Waals surface area contributed by atoms with E-state index >= 15 is 0 Å². The fourth-order valence-corrected chi connectivity index (χ4v) is 1.57. The normalized spacial score (nSPS) is 11.2. The molecule has 0 radical (unpaired) electrons. The number of nitrogens with one attached hydrogen (secondary N) is 2. The van der Waals surface area contributed by atoms with Crippen LogP contribution in [0.1, 0.15) is 24.2 Å². The zero-order valence-corrected chi connectivity index (χ0v) is 12.8. The third kappa shape index (κ3) is 5.59. The molecule has 112 valence electrons. The van der Waals surface area contributed by atoms with Crippen molar-refractivity contribution < 1.29 is 14.3 Å². The van der Waals surface area contributed by atoms with E-state index in [1.807, 2.05) is 6.92 Å². The van der Waals surface area contributed by atoms with Gasteiger partial charge in [0.15, 0.2) is 0 Å². The van der Waals surface area contributed by atoms with Crippen LogP contribution in [-0.2, 0) is 9.53 Å². The molecule has 0 aliphatic heterocycles. The molecule has 1 unspecified atom stereocenters. The zero-order valence-electron chi connectivity index (χ0n) is 11.9. The first-order valence-electron chi connectivity index (χ1n) is 6.31. The summed E-state index contributed by atoms with van der Waals surface area (Å²) in [6.45, 7) is 4.57. The van der Waals surface area contributed by atoms with Crippen molar-refractivity contribution in [3.63, 3.8) is 0 Å². The average Bonchev–Trinajstić information content (AvgIpc) is 2.40. The summed E-state index contributed by atoms with van der Waals surface area (Å²) in [6, 6.07) is 6.65. The van der Waals surface area contributed by atoms with Crippen LogP contribution in [0.15, 0.2) is 24.3 Å². The SMILES string of the molecule is CCOC(=O)c1ccc(NC(=O)C(C)CNC)cc1.Cl. The van der Waals surface area contributed by atoms with E-state index in [4.69, 9.17) is 4.74 Å². The van der Waals surface area contributed by atoms with Crippen LogP contribution in [0.3, 0.4) is 0 Å². The lowest BCUT2D eigenvalue weighted by Crippen LogP contribution is -2.28. The summed E-state index contributed by atoms with van der Waals surface area (Å²) >= 11 is 0. The molecule has 1 aromatic rings. The highest BCUT2D eigenvalue weighted by molar-refractivity contribution is 5.94. The molecular weight excluding hydrogens is 280 g/mol. The molecule has 5 nitrogen and oxygen atoms in total. The molecule has 0 fully saturated rings. The molecule has 0 aliphatic rings. The van der Waals surface area contributed by atoms with Gasteiger partial charge in [-0.3, -0.25) is 4.79 Å². The summed E-state index contributed by atoms with van der Waals surface area (Å²) < 4.78 is 4.88. The van der Waals surface area contributed by atoms with Crippen LogP contribution in [0, 0.1) is 5.92 Å². The molecule has 1 atom stereocenters. The second kappa shape index (κ2) is 9.34. The first kappa shape index (κ1) is 18.4. The van der Waals surface area contributed by atoms with Crippen LogP contribution in [0.5, 0.6) is 0 Å². The van der Waals surface area contributed by atoms with E-state index in [0.29, 0.717) is 24.4 Å². The van der Waals surface area contributed by atoms with E-state index in [0.717, 1.165) is 0 Å². The zero-order chi connectivity index (χ0) is 14.3. The second-order valence-electron chi connectivity index (χ2n) is 4.25. The Hall–Kier alpha value is -1.59. The number of rotatable bonds is 6. The topological polar surface area (TPSA) is 67.4 Å². The molecule has 0 heterocycles. The molecule has 1 amide bonds. The van der Waals surface area contributed by atoms with Gasteiger partial charge in [-0.05, 0) is 38.2 Å². The molecule has 6 heteroatoms. The smallest absolute Gasteiger partial charge is 0.338 e. The van der Waals surface area contributed by atoms with Gasteiger partial charge in [-0.25, -0.2) is 4.79 Å². The van der Waals surface area contributed by atoms with Crippen molar-refractivity contribution >= 4 is 30.0 Å². The predicted octanol–water partition coefficient (Wildman–Crippen LogP) is 2.08. The van der Waals surface area contributed by atoms with Crippen molar-refractivity contribution in [3.05, 3.63) is 29.8 Å². The molecule has 1 aromatic carbocycles. The molecule has 0 saturated carbocycles. The number of hydrogen-bond acceptors (Lipinski definition) is 4. The second-order valence-corrected chi connectivity index (χ2v) is 4.25. The Labute approximate surface area is 125 Å². The van der Waals surface area contributed by atoms with Crippen molar-refractivity contribution in [2.24, 2.45) is 5.92 Å². The number of ether oxygens (including phenoxy) is 1. The fraction of sp³-hybridized carbons (Fsp3) is 0.429. The number of esters is 1. The monoisotopic (exact) mass is 300 g/mol.